The summed E-state index contributed by atoms with van der Waals surface area (Å²) < 4.78 is 12.2. The number of para-hydroxylation sites is 1. The van der Waals surface area contributed by atoms with E-state index < -0.39 is 5.69 Å². The first-order chi connectivity index (χ1) is 15.1. The molecule has 31 heavy (non-hydrogen) atoms. The number of hydrogen-bond donors (Lipinski definition) is 2. The largest absolute Gasteiger partial charge is 0.496 e. The van der Waals surface area contributed by atoms with E-state index in [0.29, 0.717) is 41.5 Å². The second-order valence-electron chi connectivity index (χ2n) is 8.43. The van der Waals surface area contributed by atoms with Gasteiger partial charge >= 0.3 is 5.69 Å². The minimum atomic E-state index is -0.401. The van der Waals surface area contributed by atoms with Gasteiger partial charge in [0.1, 0.15) is 11.5 Å². The highest BCUT2D eigenvalue weighted by Crippen LogP contribution is 2.45. The molecule has 0 bridgehead atoms. The van der Waals surface area contributed by atoms with Crippen molar-refractivity contribution in [2.45, 2.75) is 37.8 Å². The van der Waals surface area contributed by atoms with Crippen LogP contribution in [-0.4, -0.2) is 36.4 Å². The molecule has 0 radical (unpaired) electrons. The molecule has 1 unspecified atom stereocenters. The first-order valence-corrected chi connectivity index (χ1v) is 10.8. The lowest BCUT2D eigenvalue weighted by Crippen LogP contribution is -2.38. The molecular weight excluding hydrogens is 394 g/mol. The predicted octanol–water partition coefficient (Wildman–Crippen LogP) is 2.42. The van der Waals surface area contributed by atoms with Gasteiger partial charge < -0.3 is 19.8 Å². The van der Waals surface area contributed by atoms with Crippen LogP contribution in [0.4, 0.5) is 0 Å². The van der Waals surface area contributed by atoms with Crippen LogP contribution in [0.3, 0.4) is 0 Å². The number of hydrogen-bond acceptors (Lipinski definition) is 5. The fraction of sp³-hybridized carbons (Fsp3) is 0.417. The molecular formula is C24H27N3O4. The van der Waals surface area contributed by atoms with Crippen LogP contribution in [0.25, 0.3) is 10.9 Å². The third-order valence-corrected chi connectivity index (χ3v) is 6.96. The molecule has 162 valence electrons. The number of nitrogens with zero attached hydrogens (tertiary/aromatic N) is 1. The molecule has 3 atom stereocenters. The van der Waals surface area contributed by atoms with Crippen LogP contribution in [0, 0.1) is 5.92 Å². The summed E-state index contributed by atoms with van der Waals surface area (Å²) in [5.74, 6) is 2.39. The van der Waals surface area contributed by atoms with Crippen molar-refractivity contribution in [3.05, 3.63) is 68.4 Å². The van der Waals surface area contributed by atoms with Gasteiger partial charge in [0.15, 0.2) is 0 Å². The maximum atomic E-state index is 13.0. The summed E-state index contributed by atoms with van der Waals surface area (Å²) in [4.78, 5) is 28.6. The topological polar surface area (TPSA) is 85.3 Å². The summed E-state index contributed by atoms with van der Waals surface area (Å²) >= 11 is 0. The molecule has 3 aromatic rings. The van der Waals surface area contributed by atoms with E-state index in [4.69, 9.17) is 9.47 Å². The standard InChI is InChI=1S/C24H27N3O4/c1-30-19-7-3-5-16-15(19)10-9-14-13-25-18(21(14)16)11-12-27-23(28)17-6-4-8-20(31-2)22(17)26-24(27)29/h3-8,14,18,21,25H,9-13H2,1-2H3,(H,26,29)/t14-,18?,21+/m0/s1. The van der Waals surface area contributed by atoms with Crippen LogP contribution in [0.15, 0.2) is 46.0 Å². The maximum absolute atomic E-state index is 13.0. The molecule has 0 spiro atoms. The van der Waals surface area contributed by atoms with Crippen molar-refractivity contribution >= 4 is 10.9 Å². The number of aromatic amines is 1. The molecule has 1 saturated heterocycles. The molecule has 0 saturated carbocycles. The lowest BCUT2D eigenvalue weighted by atomic mass is 9.73. The Morgan fingerprint density at radius 1 is 1.06 bits per heavy atom. The van der Waals surface area contributed by atoms with Gasteiger partial charge in [0, 0.05) is 18.5 Å². The number of ether oxygens (including phenoxy) is 2. The molecule has 2 heterocycles. The van der Waals surface area contributed by atoms with Crippen molar-refractivity contribution in [3.8, 4) is 11.5 Å². The third-order valence-electron chi connectivity index (χ3n) is 6.96. The Hall–Kier alpha value is -3.06. The van der Waals surface area contributed by atoms with E-state index in [1.807, 2.05) is 6.07 Å². The number of aromatic nitrogens is 2. The van der Waals surface area contributed by atoms with E-state index in [9.17, 15) is 9.59 Å². The highest BCUT2D eigenvalue weighted by Gasteiger charge is 2.40. The Morgan fingerprint density at radius 3 is 2.65 bits per heavy atom. The van der Waals surface area contributed by atoms with E-state index in [1.165, 1.54) is 22.8 Å². The minimum Gasteiger partial charge on any atom is -0.496 e. The summed E-state index contributed by atoms with van der Waals surface area (Å²) in [6.07, 6.45) is 2.86. The summed E-state index contributed by atoms with van der Waals surface area (Å²) in [6, 6.07) is 11.7. The number of methoxy groups -OCH3 is 2. The Morgan fingerprint density at radius 2 is 1.84 bits per heavy atom. The molecule has 2 aliphatic rings. The average molecular weight is 421 g/mol. The van der Waals surface area contributed by atoms with Crippen LogP contribution in [0.1, 0.15) is 29.9 Å². The lowest BCUT2D eigenvalue weighted by Gasteiger charge is -2.32. The minimum absolute atomic E-state index is 0.212. The quantitative estimate of drug-likeness (QED) is 0.661. The fourth-order valence-electron chi connectivity index (χ4n) is 5.49. The van der Waals surface area contributed by atoms with Crippen LogP contribution in [0.5, 0.6) is 11.5 Å². The first kappa shape index (κ1) is 19.9. The van der Waals surface area contributed by atoms with Crippen molar-refractivity contribution in [2.24, 2.45) is 5.92 Å². The summed E-state index contributed by atoms with van der Waals surface area (Å²) in [5.41, 5.74) is 2.41. The zero-order valence-electron chi connectivity index (χ0n) is 17.8. The summed E-state index contributed by atoms with van der Waals surface area (Å²) in [7, 11) is 3.25. The monoisotopic (exact) mass is 421 g/mol. The fourth-order valence-corrected chi connectivity index (χ4v) is 5.49. The van der Waals surface area contributed by atoms with E-state index >= 15 is 0 Å². The van der Waals surface area contributed by atoms with Crippen LogP contribution in [-0.2, 0) is 13.0 Å². The molecule has 5 rings (SSSR count). The van der Waals surface area contributed by atoms with Crippen molar-refractivity contribution in [1.82, 2.24) is 14.9 Å². The normalized spacial score (nSPS) is 22.2. The maximum Gasteiger partial charge on any atom is 0.328 e. The van der Waals surface area contributed by atoms with Gasteiger partial charge in [-0.1, -0.05) is 18.2 Å². The molecule has 1 fully saturated rings. The average Bonchev–Trinajstić information content (AvgIpc) is 3.21. The number of H-pyrrole nitrogens is 1. The highest BCUT2D eigenvalue weighted by atomic mass is 16.5. The van der Waals surface area contributed by atoms with Gasteiger partial charge in [0.05, 0.1) is 25.1 Å². The third kappa shape index (κ3) is 3.24. The zero-order chi connectivity index (χ0) is 21.5. The van der Waals surface area contributed by atoms with Gasteiger partial charge in [0.25, 0.3) is 5.56 Å². The van der Waals surface area contributed by atoms with E-state index in [-0.39, 0.29) is 11.6 Å². The summed E-state index contributed by atoms with van der Waals surface area (Å²) in [6.45, 7) is 1.33. The molecule has 1 aromatic heterocycles. The second-order valence-corrected chi connectivity index (χ2v) is 8.43. The van der Waals surface area contributed by atoms with Crippen molar-refractivity contribution in [2.75, 3.05) is 20.8 Å². The van der Waals surface area contributed by atoms with Crippen LogP contribution < -0.4 is 26.0 Å². The molecule has 2 N–H and O–H groups in total. The van der Waals surface area contributed by atoms with E-state index in [1.54, 1.807) is 25.3 Å². The Balaban J connectivity index is 1.45. The van der Waals surface area contributed by atoms with Crippen molar-refractivity contribution in [3.63, 3.8) is 0 Å². The SMILES string of the molecule is COc1cccc2c1CC[C@H]1CNC(CCn3c(=O)[nH]c4c(OC)cccc4c3=O)[C@@H]21. The number of rotatable bonds is 5. The Kier molecular flexibility index (Phi) is 5.06. The van der Waals surface area contributed by atoms with Crippen LogP contribution in [0.2, 0.25) is 0 Å². The van der Waals surface area contributed by atoms with Gasteiger partial charge in [-0.3, -0.25) is 9.36 Å². The smallest absolute Gasteiger partial charge is 0.328 e. The van der Waals surface area contributed by atoms with E-state index in [2.05, 4.69) is 22.4 Å². The van der Waals surface area contributed by atoms with Gasteiger partial charge in [0.2, 0.25) is 0 Å². The lowest BCUT2D eigenvalue weighted by molar-refractivity contribution is 0.371. The molecule has 1 aliphatic heterocycles. The predicted molar refractivity (Wildman–Crippen MR) is 119 cm³/mol. The second kappa shape index (κ2) is 7.89. The zero-order valence-corrected chi connectivity index (χ0v) is 17.8. The Labute approximate surface area is 180 Å². The number of benzene rings is 2. The number of fused-ring (bicyclic) bond motifs is 4. The van der Waals surface area contributed by atoms with E-state index in [0.717, 1.165) is 25.1 Å². The molecule has 1 aliphatic carbocycles. The van der Waals surface area contributed by atoms with Crippen molar-refractivity contribution in [1.29, 1.82) is 0 Å². The highest BCUT2D eigenvalue weighted by molar-refractivity contribution is 5.83. The van der Waals surface area contributed by atoms with Gasteiger partial charge in [-0.15, -0.1) is 0 Å². The Bertz CT molecular complexity index is 1250. The van der Waals surface area contributed by atoms with Crippen LogP contribution >= 0.6 is 0 Å². The van der Waals surface area contributed by atoms with Gasteiger partial charge in [-0.2, -0.15) is 0 Å². The molecule has 2 aromatic carbocycles. The molecule has 0 amide bonds. The molecule has 7 heteroatoms. The molecule has 7 nitrogen and oxygen atoms in total. The van der Waals surface area contributed by atoms with Crippen molar-refractivity contribution < 1.29 is 9.47 Å². The summed E-state index contributed by atoms with van der Waals surface area (Å²) in [5, 5.41) is 4.12. The first-order valence-electron chi connectivity index (χ1n) is 10.8. The number of nitrogens with one attached hydrogen (secondary N) is 2. The van der Waals surface area contributed by atoms with Gasteiger partial charge in [-0.25, -0.2) is 4.79 Å². The van der Waals surface area contributed by atoms with Gasteiger partial charge in [-0.05, 0) is 61.1 Å².